The van der Waals surface area contributed by atoms with E-state index in [-0.39, 0.29) is 16.7 Å². The van der Waals surface area contributed by atoms with Crippen molar-refractivity contribution in [2.45, 2.75) is 43.4 Å². The van der Waals surface area contributed by atoms with Crippen LogP contribution in [0.5, 0.6) is 0 Å². The Bertz CT molecular complexity index is 983. The largest absolute Gasteiger partial charge is 0.326 e. The highest BCUT2D eigenvalue weighted by Gasteiger charge is 2.30. The number of nitrogens with zero attached hydrogens (tertiary/aromatic N) is 1. The molecule has 1 aliphatic carbocycles. The van der Waals surface area contributed by atoms with Crippen molar-refractivity contribution in [2.24, 2.45) is 5.92 Å². The first-order valence-corrected chi connectivity index (χ1v) is 11.1. The second-order valence-electron chi connectivity index (χ2n) is 7.45. The molecule has 28 heavy (non-hydrogen) atoms. The van der Waals surface area contributed by atoms with Gasteiger partial charge >= 0.3 is 0 Å². The third-order valence-electron chi connectivity index (χ3n) is 5.56. The Labute approximate surface area is 164 Å². The van der Waals surface area contributed by atoms with Crippen molar-refractivity contribution in [3.05, 3.63) is 53.8 Å². The quantitative estimate of drug-likeness (QED) is 0.837. The molecule has 148 valence electrons. The van der Waals surface area contributed by atoms with Crippen molar-refractivity contribution in [3.63, 3.8) is 0 Å². The van der Waals surface area contributed by atoms with Crippen molar-refractivity contribution in [3.8, 4) is 0 Å². The molecular weight excluding hydrogens is 379 g/mol. The summed E-state index contributed by atoms with van der Waals surface area (Å²) in [6, 6.07) is 10.3. The average molecular weight is 402 g/mol. The van der Waals surface area contributed by atoms with E-state index in [0.717, 1.165) is 49.8 Å². The standard InChI is InChI=1S/C21H23FN2O3S/c22-17-8-11-19(12-9-17)28(26,27)24-13-3-6-15-7-10-18(14-20(15)24)23-21(25)16-4-1-2-5-16/h7-12,14,16H,1-6,13H2,(H,23,25). The van der Waals surface area contributed by atoms with Gasteiger partial charge in [0.15, 0.2) is 0 Å². The molecule has 0 bridgehead atoms. The number of halogens is 1. The second-order valence-corrected chi connectivity index (χ2v) is 9.31. The molecule has 5 nitrogen and oxygen atoms in total. The van der Waals surface area contributed by atoms with Gasteiger partial charge in [-0.05, 0) is 67.6 Å². The maximum atomic E-state index is 13.2. The van der Waals surface area contributed by atoms with E-state index >= 15 is 0 Å². The molecule has 0 unspecified atom stereocenters. The highest BCUT2D eigenvalue weighted by Crippen LogP contribution is 2.35. The summed E-state index contributed by atoms with van der Waals surface area (Å²) in [7, 11) is -3.80. The molecule has 1 fully saturated rings. The molecule has 1 heterocycles. The number of benzene rings is 2. The van der Waals surface area contributed by atoms with E-state index in [2.05, 4.69) is 5.32 Å². The lowest BCUT2D eigenvalue weighted by atomic mass is 10.0. The highest BCUT2D eigenvalue weighted by atomic mass is 32.2. The summed E-state index contributed by atoms with van der Waals surface area (Å²) in [6.07, 6.45) is 5.45. The third-order valence-corrected chi connectivity index (χ3v) is 7.38. The number of hydrogen-bond acceptors (Lipinski definition) is 3. The molecule has 2 aromatic rings. The molecule has 2 aliphatic rings. The Balaban J connectivity index is 1.64. The van der Waals surface area contributed by atoms with E-state index in [1.807, 2.05) is 12.1 Å². The summed E-state index contributed by atoms with van der Waals surface area (Å²) in [4.78, 5) is 12.5. The zero-order chi connectivity index (χ0) is 19.7. The summed E-state index contributed by atoms with van der Waals surface area (Å²) in [5.41, 5.74) is 2.12. The van der Waals surface area contributed by atoms with Gasteiger partial charge in [-0.3, -0.25) is 9.10 Å². The zero-order valence-electron chi connectivity index (χ0n) is 15.5. The lowest BCUT2D eigenvalue weighted by Gasteiger charge is -2.31. The average Bonchev–Trinajstić information content (AvgIpc) is 3.23. The minimum Gasteiger partial charge on any atom is -0.326 e. The van der Waals surface area contributed by atoms with Gasteiger partial charge in [0.05, 0.1) is 10.6 Å². The fourth-order valence-electron chi connectivity index (χ4n) is 4.03. The van der Waals surface area contributed by atoms with Crippen LogP contribution in [0.3, 0.4) is 0 Å². The van der Waals surface area contributed by atoms with Crippen molar-refractivity contribution in [1.82, 2.24) is 0 Å². The lowest BCUT2D eigenvalue weighted by Crippen LogP contribution is -2.35. The molecule has 1 saturated carbocycles. The summed E-state index contributed by atoms with van der Waals surface area (Å²) in [6.45, 7) is 0.354. The van der Waals surface area contributed by atoms with Gasteiger partial charge in [0, 0.05) is 18.2 Å². The molecule has 0 atom stereocenters. The number of carbonyl (C=O) groups is 1. The van der Waals surface area contributed by atoms with Gasteiger partial charge in [0.2, 0.25) is 5.91 Å². The number of nitrogens with one attached hydrogen (secondary N) is 1. The van der Waals surface area contributed by atoms with Gasteiger partial charge in [-0.15, -0.1) is 0 Å². The van der Waals surface area contributed by atoms with Crippen LogP contribution in [0.4, 0.5) is 15.8 Å². The molecule has 7 heteroatoms. The molecule has 1 aliphatic heterocycles. The molecule has 0 spiro atoms. The molecular formula is C21H23FN2O3S. The highest BCUT2D eigenvalue weighted by molar-refractivity contribution is 7.92. The topological polar surface area (TPSA) is 66.5 Å². The molecule has 0 saturated heterocycles. The molecule has 1 N–H and O–H groups in total. The van der Waals surface area contributed by atoms with E-state index in [9.17, 15) is 17.6 Å². The number of hydrogen-bond donors (Lipinski definition) is 1. The van der Waals surface area contributed by atoms with Crippen molar-refractivity contribution in [1.29, 1.82) is 0 Å². The molecule has 4 rings (SSSR count). The maximum Gasteiger partial charge on any atom is 0.264 e. The van der Waals surface area contributed by atoms with Crippen molar-refractivity contribution >= 4 is 27.3 Å². The lowest BCUT2D eigenvalue weighted by molar-refractivity contribution is -0.119. The number of sulfonamides is 1. The van der Waals surface area contributed by atoms with Gasteiger partial charge in [0.1, 0.15) is 5.82 Å². The van der Waals surface area contributed by atoms with Crippen LogP contribution in [-0.4, -0.2) is 20.9 Å². The van der Waals surface area contributed by atoms with Crippen LogP contribution in [-0.2, 0) is 21.2 Å². The van der Waals surface area contributed by atoms with Gasteiger partial charge in [0.25, 0.3) is 10.0 Å². The Morgan fingerprint density at radius 2 is 1.75 bits per heavy atom. The Kier molecular flexibility index (Phi) is 5.10. The van der Waals surface area contributed by atoms with Gasteiger partial charge in [-0.2, -0.15) is 0 Å². The predicted octanol–water partition coefficient (Wildman–Crippen LogP) is 4.10. The van der Waals surface area contributed by atoms with Crippen LogP contribution in [0.25, 0.3) is 0 Å². The second kappa shape index (κ2) is 7.54. The molecule has 0 radical (unpaired) electrons. The zero-order valence-corrected chi connectivity index (χ0v) is 16.3. The first kappa shape index (κ1) is 18.9. The molecule has 1 amide bonds. The predicted molar refractivity (Wildman–Crippen MR) is 106 cm³/mol. The summed E-state index contributed by atoms with van der Waals surface area (Å²) < 4.78 is 40.8. The SMILES string of the molecule is O=C(Nc1ccc2c(c1)N(S(=O)(=O)c1ccc(F)cc1)CCC2)C1CCCC1. The van der Waals surface area contributed by atoms with Crippen LogP contribution in [0.2, 0.25) is 0 Å². The maximum absolute atomic E-state index is 13.2. The Morgan fingerprint density at radius 1 is 1.04 bits per heavy atom. The van der Waals surface area contributed by atoms with Crippen LogP contribution in [0.1, 0.15) is 37.7 Å². The number of fused-ring (bicyclic) bond motifs is 1. The first-order chi connectivity index (χ1) is 13.4. The number of anilines is 2. The van der Waals surface area contributed by atoms with E-state index in [1.165, 1.54) is 16.4 Å². The van der Waals surface area contributed by atoms with Gasteiger partial charge in [-0.25, -0.2) is 12.8 Å². The van der Waals surface area contributed by atoms with E-state index in [0.29, 0.717) is 24.3 Å². The van der Waals surface area contributed by atoms with Gasteiger partial charge in [-0.1, -0.05) is 18.9 Å². The molecule has 0 aromatic heterocycles. The Morgan fingerprint density at radius 3 is 2.46 bits per heavy atom. The summed E-state index contributed by atoms with van der Waals surface area (Å²) in [5, 5.41) is 2.94. The first-order valence-electron chi connectivity index (χ1n) is 9.67. The number of aryl methyl sites for hydroxylation is 1. The van der Waals surface area contributed by atoms with Crippen LogP contribution in [0, 0.1) is 11.7 Å². The van der Waals surface area contributed by atoms with Gasteiger partial charge < -0.3 is 5.32 Å². The number of amides is 1. The van der Waals surface area contributed by atoms with Crippen LogP contribution < -0.4 is 9.62 Å². The smallest absolute Gasteiger partial charge is 0.264 e. The summed E-state index contributed by atoms with van der Waals surface area (Å²) >= 11 is 0. The number of rotatable bonds is 4. The fourth-order valence-corrected chi connectivity index (χ4v) is 5.57. The Hall–Kier alpha value is -2.41. The van der Waals surface area contributed by atoms with Crippen molar-refractivity contribution in [2.75, 3.05) is 16.2 Å². The minimum atomic E-state index is -3.80. The van der Waals surface area contributed by atoms with Crippen LogP contribution >= 0.6 is 0 Å². The van der Waals surface area contributed by atoms with E-state index in [1.54, 1.807) is 6.07 Å². The fraction of sp³-hybridized carbons (Fsp3) is 0.381. The minimum absolute atomic E-state index is 0.00111. The third kappa shape index (κ3) is 3.63. The monoisotopic (exact) mass is 402 g/mol. The number of carbonyl (C=O) groups excluding carboxylic acids is 1. The molecule has 2 aromatic carbocycles. The van der Waals surface area contributed by atoms with Crippen LogP contribution in [0.15, 0.2) is 47.4 Å². The van der Waals surface area contributed by atoms with Crippen molar-refractivity contribution < 1.29 is 17.6 Å². The van der Waals surface area contributed by atoms with E-state index in [4.69, 9.17) is 0 Å². The van der Waals surface area contributed by atoms with E-state index < -0.39 is 15.8 Å². The normalized spacial score (nSPS) is 17.4. The summed E-state index contributed by atoms with van der Waals surface area (Å²) in [5.74, 6) is -0.439.